The van der Waals surface area contributed by atoms with E-state index in [1.54, 1.807) is 75.0 Å². The molecular formula is C46H58BCl2N8O7S3. The van der Waals surface area contributed by atoms with Crippen LogP contribution in [0.1, 0.15) is 67.9 Å². The third kappa shape index (κ3) is 28.9. The molecule has 359 valence electrons. The lowest BCUT2D eigenvalue weighted by atomic mass is 10.2. The van der Waals surface area contributed by atoms with Crippen LogP contribution in [0.15, 0.2) is 149 Å². The van der Waals surface area contributed by atoms with E-state index in [4.69, 9.17) is 50.1 Å². The number of nitrogens with two attached hydrogens (primary N) is 2. The van der Waals surface area contributed by atoms with Crippen molar-refractivity contribution in [1.82, 2.24) is 19.9 Å². The van der Waals surface area contributed by atoms with E-state index in [0.29, 0.717) is 22.5 Å². The highest BCUT2D eigenvalue weighted by atomic mass is 35.7. The van der Waals surface area contributed by atoms with Crippen LogP contribution in [0.4, 0.5) is 32.9 Å². The second-order valence-electron chi connectivity index (χ2n) is 14.8. The van der Waals surface area contributed by atoms with Crippen molar-refractivity contribution >= 4 is 98.7 Å². The zero-order valence-corrected chi connectivity index (χ0v) is 42.5. The van der Waals surface area contributed by atoms with Crippen molar-refractivity contribution in [3.8, 4) is 0 Å². The molecule has 0 bridgehead atoms. The molecule has 2 aromatic carbocycles. The maximum atomic E-state index is 11.7. The highest BCUT2D eigenvalue weighted by molar-refractivity contribution is 8.13. The molecule has 0 atom stereocenters. The number of carbonyl (C=O) groups excluding carboxylic acids is 2. The number of pyridine rings is 4. The van der Waals surface area contributed by atoms with Crippen molar-refractivity contribution in [1.29, 1.82) is 0 Å². The molecule has 67 heavy (non-hydrogen) atoms. The highest BCUT2D eigenvalue weighted by Gasteiger charge is 2.18. The third-order valence-electron chi connectivity index (χ3n) is 6.99. The minimum atomic E-state index is -3.86. The van der Waals surface area contributed by atoms with Gasteiger partial charge in [-0.2, -0.15) is 0 Å². The first-order chi connectivity index (χ1) is 31.6. The minimum absolute atomic E-state index is 0. The van der Waals surface area contributed by atoms with Gasteiger partial charge in [-0.1, -0.05) is 86.1 Å². The standard InChI is InChI=1S/C17H20N2O2S.C12H12N2S.C10H13ClN2O4S.C5H5ClN2.C2H6.B.H2O/c1-17(2,3)21-16(20)19-15-11-14(9-10-18-15)22-12-13-7-5-4-6-8-13;13-12-8-11(6-7-14-12)15-9-10-4-2-1-3-5-10;1-10(2,3)17-9(14)13-8-6-7(4-5-12-8)18(11,15)16;6-4-1-2-8-5(7)3-4;1-2;;/h4-11H,12H2,1-3H3,(H,18,19,20);1-8H,9H2,(H2,13,14);4-6H,1-3H3,(H,12,13,14);1-3H,(H2,7,8);1-2H3;;1H2/i/hD. The van der Waals surface area contributed by atoms with Gasteiger partial charge in [-0.3, -0.25) is 10.6 Å². The quantitative estimate of drug-likeness (QED) is 0.0598. The van der Waals surface area contributed by atoms with Gasteiger partial charge >= 0.3 is 12.2 Å². The first-order valence-corrected chi connectivity index (χ1v) is 24.6. The van der Waals surface area contributed by atoms with Crippen LogP contribution in [0.3, 0.4) is 0 Å². The van der Waals surface area contributed by atoms with E-state index < -0.39 is 32.4 Å². The van der Waals surface area contributed by atoms with Crippen LogP contribution in [0, 0.1) is 0 Å². The molecule has 0 saturated carbocycles. The minimum Gasteiger partial charge on any atom is -0.444 e. The zero-order valence-electron chi connectivity index (χ0n) is 39.5. The number of halogens is 2. The molecule has 4 heterocycles. The van der Waals surface area contributed by atoms with Gasteiger partial charge in [0.25, 0.3) is 9.05 Å². The van der Waals surface area contributed by atoms with E-state index in [9.17, 15) is 18.0 Å². The Hall–Kier alpha value is -5.57. The molecule has 0 unspecified atom stereocenters. The summed E-state index contributed by atoms with van der Waals surface area (Å²) in [4.78, 5) is 40.8. The SMILES string of the molecule is CC.CC(C)(C)OC(=O)Nc1cc(S(=O)(=O)Cl)ccn1.CC(C)(C)OC(=O)Nc1cc(SCc2ccccc2)ccn1.Nc1cc(Cl)ccn1.Nc1cc(SCc2ccccc2)ccn1.[2H]O.[B]. The predicted octanol–water partition coefficient (Wildman–Crippen LogP) is 11.2. The molecule has 0 aliphatic carbocycles. The van der Waals surface area contributed by atoms with Crippen molar-refractivity contribution in [2.24, 2.45) is 0 Å². The lowest BCUT2D eigenvalue weighted by molar-refractivity contribution is 0.0624. The molecule has 0 saturated heterocycles. The van der Waals surface area contributed by atoms with Crippen LogP contribution in [0.25, 0.3) is 0 Å². The molecule has 0 spiro atoms. The number of amides is 2. The third-order valence-corrected chi connectivity index (χ3v) is 10.7. The van der Waals surface area contributed by atoms with Crippen LogP contribution in [-0.4, -0.2) is 65.6 Å². The summed E-state index contributed by atoms with van der Waals surface area (Å²) < 4.78 is 37.1. The van der Waals surface area contributed by atoms with Crippen molar-refractivity contribution in [2.75, 3.05) is 22.1 Å². The fourth-order valence-corrected chi connectivity index (χ4v) is 7.13. The van der Waals surface area contributed by atoms with E-state index >= 15 is 0 Å². The first-order valence-electron chi connectivity index (χ1n) is 20.4. The number of benzene rings is 2. The van der Waals surface area contributed by atoms with E-state index in [1.165, 1.54) is 23.4 Å². The van der Waals surface area contributed by atoms with Crippen LogP contribution < -0.4 is 22.1 Å². The van der Waals surface area contributed by atoms with Crippen LogP contribution in [0.5, 0.6) is 0 Å². The number of aromatic nitrogens is 4. The predicted molar refractivity (Wildman–Crippen MR) is 276 cm³/mol. The van der Waals surface area contributed by atoms with Crippen molar-refractivity contribution < 1.29 is 34.4 Å². The summed E-state index contributed by atoms with van der Waals surface area (Å²) in [6.07, 6.45) is 4.99. The maximum Gasteiger partial charge on any atom is 0.413 e. The number of rotatable bonds is 9. The Labute approximate surface area is 415 Å². The lowest BCUT2D eigenvalue weighted by Gasteiger charge is -2.19. The van der Waals surface area contributed by atoms with Gasteiger partial charge in [-0.05, 0) is 95.1 Å². The Kier molecular flexibility index (Phi) is 27.9. The fourth-order valence-electron chi connectivity index (χ4n) is 4.44. The lowest BCUT2D eigenvalue weighted by Crippen LogP contribution is -2.27. The monoisotopic (exact) mass is 1010 g/mol. The van der Waals surface area contributed by atoms with Crippen LogP contribution in [0.2, 0.25) is 5.02 Å². The van der Waals surface area contributed by atoms with Crippen molar-refractivity contribution in [3.05, 3.63) is 150 Å². The molecule has 6 aromatic rings. The molecule has 0 fully saturated rings. The summed E-state index contributed by atoms with van der Waals surface area (Å²) in [7, 11) is 1.32. The summed E-state index contributed by atoms with van der Waals surface area (Å²) in [6.45, 7) is 14.6. The number of ether oxygens (including phenoxy) is 2. The second-order valence-corrected chi connectivity index (χ2v) is 19.9. The molecule has 0 aliphatic rings. The van der Waals surface area contributed by atoms with E-state index in [-0.39, 0.29) is 19.1 Å². The molecule has 4 aromatic heterocycles. The van der Waals surface area contributed by atoms with E-state index in [1.807, 2.05) is 83.1 Å². The number of hydrogen-bond donors (Lipinski definition) is 4. The molecule has 0 aliphatic heterocycles. The van der Waals surface area contributed by atoms with Gasteiger partial charge in [0.2, 0.25) is 1.43 Å². The summed E-state index contributed by atoms with van der Waals surface area (Å²) in [5.74, 6) is 3.41. The van der Waals surface area contributed by atoms with Crippen molar-refractivity contribution in [2.45, 2.75) is 92.8 Å². The Bertz CT molecular complexity index is 2460. The number of thioether (sulfide) groups is 2. The summed E-state index contributed by atoms with van der Waals surface area (Å²) in [5.41, 5.74) is 18.5. The van der Waals surface area contributed by atoms with Gasteiger partial charge in [-0.25, -0.2) is 37.9 Å². The van der Waals surface area contributed by atoms with Gasteiger partial charge in [0.1, 0.15) is 34.5 Å². The second kappa shape index (κ2) is 31.4. The Morgan fingerprint density at radius 3 is 1.42 bits per heavy atom. The summed E-state index contributed by atoms with van der Waals surface area (Å²) in [6, 6.07) is 33.9. The number of carbonyl (C=O) groups is 2. The maximum absolute atomic E-state index is 11.7. The number of nitrogens with zero attached hydrogens (tertiary/aromatic N) is 4. The van der Waals surface area contributed by atoms with E-state index in [2.05, 4.69) is 67.0 Å². The van der Waals surface area contributed by atoms with Gasteiger partial charge in [0.05, 0.1) is 4.90 Å². The summed E-state index contributed by atoms with van der Waals surface area (Å²) in [5, 5.41) is 5.59. The number of hydrogen-bond acceptors (Lipinski definition) is 14. The Morgan fingerprint density at radius 2 is 1.03 bits per heavy atom. The molecule has 3 radical (unpaired) electrons. The fraction of sp³-hybridized carbons (Fsp3) is 0.261. The molecular weight excluding hydrogens is 954 g/mol. The zero-order chi connectivity index (χ0) is 50.5. The van der Waals surface area contributed by atoms with Gasteiger partial charge in [0, 0.05) is 76.3 Å². The number of anilines is 4. The topological polar surface area (TPSA) is 246 Å². The highest BCUT2D eigenvalue weighted by Crippen LogP contribution is 2.25. The van der Waals surface area contributed by atoms with E-state index in [0.717, 1.165) is 27.4 Å². The average Bonchev–Trinajstić information content (AvgIpc) is 3.26. The number of nitrogen functional groups attached to an aromatic ring is 2. The molecule has 15 nitrogen and oxygen atoms in total. The molecule has 2 amide bonds. The smallest absolute Gasteiger partial charge is 0.413 e. The van der Waals surface area contributed by atoms with Gasteiger partial charge in [-0.15, -0.1) is 23.5 Å². The normalized spacial score (nSPS) is 10.4. The van der Waals surface area contributed by atoms with Crippen molar-refractivity contribution in [3.63, 3.8) is 0 Å². The average molecular weight is 1010 g/mol. The Morgan fingerprint density at radius 1 is 0.642 bits per heavy atom. The van der Waals surface area contributed by atoms with Crippen LogP contribution >= 0.6 is 45.8 Å². The van der Waals surface area contributed by atoms with Gasteiger partial charge in [0.15, 0.2) is 0 Å². The van der Waals surface area contributed by atoms with Crippen LogP contribution in [-0.2, 0) is 30.0 Å². The largest absolute Gasteiger partial charge is 0.444 e. The Balaban J connectivity index is 0.000000888. The number of nitrogens with one attached hydrogen (secondary N) is 2. The molecule has 8 N–H and O–H groups in total. The molecule has 21 heteroatoms. The first kappa shape index (κ1) is 59.5. The summed E-state index contributed by atoms with van der Waals surface area (Å²) >= 11 is 8.99. The molecule has 6 rings (SSSR count). The van der Waals surface area contributed by atoms with Gasteiger partial charge < -0.3 is 26.4 Å².